The Morgan fingerprint density at radius 3 is 2.22 bits per heavy atom. The van der Waals surface area contributed by atoms with Crippen molar-refractivity contribution < 1.29 is 13.2 Å². The molecule has 0 saturated carbocycles. The number of carbonyl (C=O) groups is 1. The molecule has 23 heavy (non-hydrogen) atoms. The third kappa shape index (κ3) is 5.23. The van der Waals surface area contributed by atoms with E-state index in [2.05, 4.69) is 17.1 Å². The van der Waals surface area contributed by atoms with Gasteiger partial charge in [-0.05, 0) is 51.5 Å². The first-order valence-corrected chi connectivity index (χ1v) is 9.65. The van der Waals surface area contributed by atoms with Crippen molar-refractivity contribution in [3.05, 3.63) is 24.3 Å². The molecule has 0 heterocycles. The molecule has 0 spiro atoms. The fourth-order valence-corrected chi connectivity index (χ4v) is 3.30. The van der Waals surface area contributed by atoms with Crippen LogP contribution in [0.5, 0.6) is 0 Å². The van der Waals surface area contributed by atoms with E-state index in [1.54, 1.807) is 26.0 Å². The SMILES string of the molecule is CCCCN(C)c1ccc(NC(=O)[C@@H](C)S(=O)(=O)C(C)C)cc1. The average molecular weight is 340 g/mol. The van der Waals surface area contributed by atoms with E-state index in [0.717, 1.165) is 25.1 Å². The van der Waals surface area contributed by atoms with Gasteiger partial charge < -0.3 is 10.2 Å². The number of nitrogens with one attached hydrogen (secondary N) is 1. The second-order valence-corrected chi connectivity index (χ2v) is 8.92. The monoisotopic (exact) mass is 340 g/mol. The van der Waals surface area contributed by atoms with E-state index in [-0.39, 0.29) is 0 Å². The maximum atomic E-state index is 12.1. The van der Waals surface area contributed by atoms with Gasteiger partial charge in [0.15, 0.2) is 9.84 Å². The van der Waals surface area contributed by atoms with Crippen LogP contribution in [0.3, 0.4) is 0 Å². The molecule has 5 nitrogen and oxygen atoms in total. The number of carbonyl (C=O) groups excluding carboxylic acids is 1. The number of unbranched alkanes of at least 4 members (excludes halogenated alkanes) is 1. The molecule has 6 heteroatoms. The Kier molecular flexibility index (Phi) is 7.06. The fraction of sp³-hybridized carbons (Fsp3) is 0.588. The van der Waals surface area contributed by atoms with E-state index in [1.807, 2.05) is 19.2 Å². The minimum absolute atomic E-state index is 0.495. The molecule has 1 aromatic carbocycles. The third-order valence-electron chi connectivity index (χ3n) is 3.94. The van der Waals surface area contributed by atoms with Crippen LogP contribution >= 0.6 is 0 Å². The van der Waals surface area contributed by atoms with Crippen LogP contribution in [0.15, 0.2) is 24.3 Å². The molecule has 0 bridgehead atoms. The molecule has 1 rings (SSSR count). The minimum Gasteiger partial charge on any atom is -0.375 e. The van der Waals surface area contributed by atoms with Crippen LogP contribution in [-0.2, 0) is 14.6 Å². The second kappa shape index (κ2) is 8.34. The molecule has 1 aromatic rings. The first kappa shape index (κ1) is 19.5. The summed E-state index contributed by atoms with van der Waals surface area (Å²) < 4.78 is 24.1. The summed E-state index contributed by atoms with van der Waals surface area (Å²) in [5, 5.41) is 1.04. The van der Waals surface area contributed by atoms with Crippen molar-refractivity contribution in [2.24, 2.45) is 0 Å². The molecule has 1 N–H and O–H groups in total. The Morgan fingerprint density at radius 1 is 1.17 bits per heavy atom. The van der Waals surface area contributed by atoms with Crippen molar-refractivity contribution in [3.63, 3.8) is 0 Å². The van der Waals surface area contributed by atoms with Gasteiger partial charge >= 0.3 is 0 Å². The summed E-state index contributed by atoms with van der Waals surface area (Å²) in [5.74, 6) is -0.495. The Bertz CT molecular complexity index is 609. The van der Waals surface area contributed by atoms with Crippen molar-refractivity contribution in [1.82, 2.24) is 0 Å². The minimum atomic E-state index is -3.45. The first-order valence-electron chi connectivity index (χ1n) is 8.05. The molecule has 1 atom stereocenters. The summed E-state index contributed by atoms with van der Waals surface area (Å²) in [4.78, 5) is 14.3. The summed E-state index contributed by atoms with van der Waals surface area (Å²) in [7, 11) is -1.42. The molecule has 0 unspecified atom stereocenters. The lowest BCUT2D eigenvalue weighted by atomic mass is 10.2. The standard InChI is InChI=1S/C17H28N2O3S/c1-6-7-12-19(5)16-10-8-15(9-11-16)18-17(20)14(4)23(21,22)13(2)3/h8-11,13-14H,6-7,12H2,1-5H3,(H,18,20)/t14-/m1/s1. The Balaban J connectivity index is 2.73. The Labute approximate surface area is 140 Å². The Morgan fingerprint density at radius 2 is 1.74 bits per heavy atom. The maximum absolute atomic E-state index is 12.1. The van der Waals surface area contributed by atoms with Crippen LogP contribution in [0.25, 0.3) is 0 Å². The zero-order chi connectivity index (χ0) is 17.6. The van der Waals surface area contributed by atoms with Crippen molar-refractivity contribution in [2.45, 2.75) is 51.0 Å². The van der Waals surface area contributed by atoms with Crippen molar-refractivity contribution in [2.75, 3.05) is 23.8 Å². The zero-order valence-corrected chi connectivity index (χ0v) is 15.5. The van der Waals surface area contributed by atoms with Gasteiger partial charge in [-0.3, -0.25) is 4.79 Å². The Hall–Kier alpha value is -1.56. The molecule has 0 fully saturated rings. The molecule has 0 aromatic heterocycles. The topological polar surface area (TPSA) is 66.5 Å². The molecule has 130 valence electrons. The summed E-state index contributed by atoms with van der Waals surface area (Å²) in [6.45, 7) is 7.72. The van der Waals surface area contributed by atoms with Gasteiger partial charge in [-0.1, -0.05) is 13.3 Å². The van der Waals surface area contributed by atoms with E-state index in [9.17, 15) is 13.2 Å². The number of anilines is 2. The van der Waals surface area contributed by atoms with Gasteiger partial charge in [0.1, 0.15) is 5.25 Å². The quantitative estimate of drug-likeness (QED) is 0.790. The van der Waals surface area contributed by atoms with Crippen molar-refractivity contribution >= 4 is 27.1 Å². The van der Waals surface area contributed by atoms with Crippen LogP contribution in [0.4, 0.5) is 11.4 Å². The van der Waals surface area contributed by atoms with Crippen LogP contribution in [0.1, 0.15) is 40.5 Å². The van der Waals surface area contributed by atoms with Crippen molar-refractivity contribution in [3.8, 4) is 0 Å². The van der Waals surface area contributed by atoms with Gasteiger partial charge in [0.25, 0.3) is 0 Å². The van der Waals surface area contributed by atoms with Crippen LogP contribution in [-0.4, -0.2) is 38.4 Å². The number of amides is 1. The summed E-state index contributed by atoms with van der Waals surface area (Å²) >= 11 is 0. The molecule has 1 amide bonds. The molecular formula is C17H28N2O3S. The lowest BCUT2D eigenvalue weighted by Crippen LogP contribution is -2.36. The molecule has 0 radical (unpaired) electrons. The van der Waals surface area contributed by atoms with E-state index in [0.29, 0.717) is 5.69 Å². The highest BCUT2D eigenvalue weighted by atomic mass is 32.2. The lowest BCUT2D eigenvalue weighted by molar-refractivity contribution is -0.115. The highest BCUT2D eigenvalue weighted by Gasteiger charge is 2.30. The van der Waals surface area contributed by atoms with Gasteiger partial charge in [-0.2, -0.15) is 0 Å². The summed E-state index contributed by atoms with van der Waals surface area (Å²) in [5.41, 5.74) is 1.67. The maximum Gasteiger partial charge on any atom is 0.242 e. The average Bonchev–Trinajstić information content (AvgIpc) is 2.52. The molecule has 0 saturated heterocycles. The number of benzene rings is 1. The second-order valence-electron chi connectivity index (χ2n) is 6.09. The van der Waals surface area contributed by atoms with Crippen LogP contribution < -0.4 is 10.2 Å². The van der Waals surface area contributed by atoms with Gasteiger partial charge in [-0.25, -0.2) is 8.42 Å². The van der Waals surface area contributed by atoms with Gasteiger partial charge in [-0.15, -0.1) is 0 Å². The number of nitrogens with zero attached hydrogens (tertiary/aromatic N) is 1. The first-order chi connectivity index (χ1) is 10.7. The van der Waals surface area contributed by atoms with Crippen LogP contribution in [0, 0.1) is 0 Å². The smallest absolute Gasteiger partial charge is 0.242 e. The largest absolute Gasteiger partial charge is 0.375 e. The number of rotatable bonds is 8. The predicted molar refractivity (Wildman–Crippen MR) is 96.8 cm³/mol. The lowest BCUT2D eigenvalue weighted by Gasteiger charge is -2.20. The molecular weight excluding hydrogens is 312 g/mol. The van der Waals surface area contributed by atoms with E-state index >= 15 is 0 Å². The highest BCUT2D eigenvalue weighted by molar-refractivity contribution is 7.93. The van der Waals surface area contributed by atoms with E-state index in [1.165, 1.54) is 6.92 Å². The van der Waals surface area contributed by atoms with Gasteiger partial charge in [0, 0.05) is 25.0 Å². The zero-order valence-electron chi connectivity index (χ0n) is 14.7. The van der Waals surface area contributed by atoms with Crippen molar-refractivity contribution in [1.29, 1.82) is 0 Å². The number of hydrogen-bond acceptors (Lipinski definition) is 4. The van der Waals surface area contributed by atoms with Crippen LogP contribution in [0.2, 0.25) is 0 Å². The fourth-order valence-electron chi connectivity index (χ4n) is 2.12. The van der Waals surface area contributed by atoms with Gasteiger partial charge in [0.05, 0.1) is 5.25 Å². The summed E-state index contributed by atoms with van der Waals surface area (Å²) in [6.07, 6.45) is 2.26. The number of hydrogen-bond donors (Lipinski definition) is 1. The molecule has 0 aliphatic heterocycles. The normalized spacial score (nSPS) is 13.0. The van der Waals surface area contributed by atoms with E-state index < -0.39 is 26.2 Å². The molecule has 0 aliphatic carbocycles. The number of sulfone groups is 1. The highest BCUT2D eigenvalue weighted by Crippen LogP contribution is 2.18. The van der Waals surface area contributed by atoms with Gasteiger partial charge in [0.2, 0.25) is 5.91 Å². The predicted octanol–water partition coefficient (Wildman–Crippen LogP) is 3.07. The third-order valence-corrected chi connectivity index (χ3v) is 6.46. The summed E-state index contributed by atoms with van der Waals surface area (Å²) in [6, 6.07) is 7.44. The van der Waals surface area contributed by atoms with E-state index in [4.69, 9.17) is 0 Å². The molecule has 0 aliphatic rings.